The van der Waals surface area contributed by atoms with Gasteiger partial charge in [0.2, 0.25) is 5.91 Å². The maximum Gasteiger partial charge on any atom is 0.223 e. The second-order valence-electron chi connectivity index (χ2n) is 4.58. The van der Waals surface area contributed by atoms with Gasteiger partial charge in [0.25, 0.3) is 0 Å². The second kappa shape index (κ2) is 6.18. The minimum atomic E-state index is 0.0463. The van der Waals surface area contributed by atoms with Gasteiger partial charge in [-0.15, -0.1) is 0 Å². The number of amides is 1. The number of carbonyl (C=O) groups is 1. The number of aromatic amines is 1. The van der Waals surface area contributed by atoms with E-state index in [0.29, 0.717) is 13.0 Å². The highest BCUT2D eigenvalue weighted by Crippen LogP contribution is 2.13. The smallest absolute Gasteiger partial charge is 0.223 e. The van der Waals surface area contributed by atoms with Crippen LogP contribution in [0.5, 0.6) is 0 Å². The first kappa shape index (κ1) is 13.3. The predicted molar refractivity (Wildman–Crippen MR) is 77.0 cm³/mol. The van der Waals surface area contributed by atoms with E-state index in [-0.39, 0.29) is 5.91 Å². The fourth-order valence-corrected chi connectivity index (χ4v) is 1.91. The van der Waals surface area contributed by atoms with Gasteiger partial charge in [0.15, 0.2) is 0 Å². The quantitative estimate of drug-likeness (QED) is 0.808. The number of imidazole rings is 1. The van der Waals surface area contributed by atoms with Crippen molar-refractivity contribution in [3.63, 3.8) is 0 Å². The van der Waals surface area contributed by atoms with Crippen molar-refractivity contribution in [1.82, 2.24) is 15.3 Å². The Kier molecular flexibility index (Phi) is 4.34. The summed E-state index contributed by atoms with van der Waals surface area (Å²) >= 11 is 0. The molecule has 1 aromatic heterocycles. The molecular weight excluding hydrogens is 238 g/mol. The summed E-state index contributed by atoms with van der Waals surface area (Å²) in [5.41, 5.74) is 3.23. The minimum absolute atomic E-state index is 0.0463. The third-order valence-electron chi connectivity index (χ3n) is 2.91. The van der Waals surface area contributed by atoms with Crippen molar-refractivity contribution in [3.8, 4) is 0 Å². The molecule has 0 saturated heterocycles. The van der Waals surface area contributed by atoms with Crippen LogP contribution in [-0.2, 0) is 11.2 Å². The molecule has 0 fully saturated rings. The van der Waals surface area contributed by atoms with Gasteiger partial charge in [0, 0.05) is 19.4 Å². The molecule has 0 bridgehead atoms. The van der Waals surface area contributed by atoms with Crippen molar-refractivity contribution in [3.05, 3.63) is 41.7 Å². The standard InChI is InChI=1S/C15H19N3O/c1-3-4-5-15(19)16-9-8-14-17-12-7-6-11(2)10-13(12)18-14/h3-4,6-7,10H,5,8-9H2,1-2H3,(H,16,19)(H,17,18). The molecule has 0 spiro atoms. The van der Waals surface area contributed by atoms with Gasteiger partial charge in [-0.05, 0) is 31.5 Å². The Morgan fingerprint density at radius 3 is 3.11 bits per heavy atom. The van der Waals surface area contributed by atoms with E-state index in [4.69, 9.17) is 0 Å². The topological polar surface area (TPSA) is 57.8 Å². The lowest BCUT2D eigenvalue weighted by Gasteiger charge is -2.00. The number of allylic oxidation sites excluding steroid dienone is 1. The van der Waals surface area contributed by atoms with Crippen molar-refractivity contribution in [2.45, 2.75) is 26.7 Å². The number of carbonyl (C=O) groups excluding carboxylic acids is 1. The first-order valence-corrected chi connectivity index (χ1v) is 6.52. The number of hydrogen-bond acceptors (Lipinski definition) is 2. The zero-order valence-corrected chi connectivity index (χ0v) is 11.4. The van der Waals surface area contributed by atoms with Gasteiger partial charge in [-0.25, -0.2) is 4.98 Å². The van der Waals surface area contributed by atoms with Crippen molar-refractivity contribution >= 4 is 16.9 Å². The zero-order chi connectivity index (χ0) is 13.7. The van der Waals surface area contributed by atoms with E-state index in [1.807, 2.05) is 31.2 Å². The summed E-state index contributed by atoms with van der Waals surface area (Å²) in [6.07, 6.45) is 4.88. The normalized spacial score (nSPS) is 11.3. The number of aryl methyl sites for hydroxylation is 1. The first-order chi connectivity index (χ1) is 9.19. The van der Waals surface area contributed by atoms with Crippen LogP contribution in [0.3, 0.4) is 0 Å². The molecule has 0 saturated carbocycles. The SMILES string of the molecule is CC=CCC(=O)NCCc1nc2ccc(C)cc2[nH]1. The van der Waals surface area contributed by atoms with E-state index in [1.165, 1.54) is 5.56 Å². The molecule has 4 nitrogen and oxygen atoms in total. The molecule has 1 aromatic carbocycles. The van der Waals surface area contributed by atoms with E-state index >= 15 is 0 Å². The summed E-state index contributed by atoms with van der Waals surface area (Å²) < 4.78 is 0. The van der Waals surface area contributed by atoms with Crippen LogP contribution >= 0.6 is 0 Å². The molecular formula is C15H19N3O. The van der Waals surface area contributed by atoms with Gasteiger partial charge in [-0.2, -0.15) is 0 Å². The lowest BCUT2D eigenvalue weighted by molar-refractivity contribution is -0.120. The molecule has 2 rings (SSSR count). The van der Waals surface area contributed by atoms with Crippen LogP contribution in [0.1, 0.15) is 24.7 Å². The third kappa shape index (κ3) is 3.68. The summed E-state index contributed by atoms with van der Waals surface area (Å²) in [6, 6.07) is 6.14. The Bertz CT molecular complexity index is 598. The number of rotatable bonds is 5. The van der Waals surface area contributed by atoms with E-state index in [0.717, 1.165) is 23.3 Å². The number of nitrogens with zero attached hydrogens (tertiary/aromatic N) is 1. The average molecular weight is 257 g/mol. The van der Waals surface area contributed by atoms with E-state index in [2.05, 4.69) is 28.3 Å². The Morgan fingerprint density at radius 1 is 1.47 bits per heavy atom. The Labute approximate surface area is 112 Å². The molecule has 4 heteroatoms. The monoisotopic (exact) mass is 257 g/mol. The lowest BCUT2D eigenvalue weighted by atomic mass is 10.2. The molecule has 2 aromatic rings. The molecule has 1 heterocycles. The molecule has 0 atom stereocenters. The van der Waals surface area contributed by atoms with Crippen molar-refractivity contribution in [2.24, 2.45) is 0 Å². The molecule has 0 unspecified atom stereocenters. The molecule has 0 aliphatic carbocycles. The van der Waals surface area contributed by atoms with Crippen LogP contribution in [0.4, 0.5) is 0 Å². The largest absolute Gasteiger partial charge is 0.355 e. The molecule has 19 heavy (non-hydrogen) atoms. The summed E-state index contributed by atoms with van der Waals surface area (Å²) in [4.78, 5) is 19.2. The average Bonchev–Trinajstić information content (AvgIpc) is 2.78. The number of nitrogens with one attached hydrogen (secondary N) is 2. The molecule has 0 aliphatic rings. The van der Waals surface area contributed by atoms with Crippen LogP contribution in [0, 0.1) is 6.92 Å². The maximum atomic E-state index is 11.4. The number of H-pyrrole nitrogens is 1. The van der Waals surface area contributed by atoms with Gasteiger partial charge < -0.3 is 10.3 Å². The Balaban J connectivity index is 1.89. The second-order valence-corrected chi connectivity index (χ2v) is 4.58. The van der Waals surface area contributed by atoms with Crippen LogP contribution in [0.25, 0.3) is 11.0 Å². The highest BCUT2D eigenvalue weighted by Gasteiger charge is 2.03. The summed E-state index contributed by atoms with van der Waals surface area (Å²) in [7, 11) is 0. The third-order valence-corrected chi connectivity index (χ3v) is 2.91. The molecule has 100 valence electrons. The zero-order valence-electron chi connectivity index (χ0n) is 11.4. The van der Waals surface area contributed by atoms with E-state index in [1.54, 1.807) is 0 Å². The molecule has 0 radical (unpaired) electrons. The molecule has 2 N–H and O–H groups in total. The number of hydrogen-bond donors (Lipinski definition) is 2. The van der Waals surface area contributed by atoms with Gasteiger partial charge in [-0.3, -0.25) is 4.79 Å². The number of fused-ring (bicyclic) bond motifs is 1. The van der Waals surface area contributed by atoms with Crippen LogP contribution in [0.15, 0.2) is 30.4 Å². The fraction of sp³-hybridized carbons (Fsp3) is 0.333. The molecule has 1 amide bonds. The van der Waals surface area contributed by atoms with Crippen LogP contribution < -0.4 is 5.32 Å². The maximum absolute atomic E-state index is 11.4. The van der Waals surface area contributed by atoms with Crippen molar-refractivity contribution in [2.75, 3.05) is 6.54 Å². The fourth-order valence-electron chi connectivity index (χ4n) is 1.91. The highest BCUT2D eigenvalue weighted by molar-refractivity contribution is 5.77. The van der Waals surface area contributed by atoms with Crippen LogP contribution in [0.2, 0.25) is 0 Å². The number of aromatic nitrogens is 2. The minimum Gasteiger partial charge on any atom is -0.355 e. The van der Waals surface area contributed by atoms with Gasteiger partial charge in [0.1, 0.15) is 5.82 Å². The van der Waals surface area contributed by atoms with Gasteiger partial charge in [-0.1, -0.05) is 18.2 Å². The van der Waals surface area contributed by atoms with E-state index in [9.17, 15) is 4.79 Å². The van der Waals surface area contributed by atoms with E-state index < -0.39 is 0 Å². The Hall–Kier alpha value is -2.10. The van der Waals surface area contributed by atoms with Crippen LogP contribution in [-0.4, -0.2) is 22.4 Å². The van der Waals surface area contributed by atoms with Gasteiger partial charge in [0.05, 0.1) is 11.0 Å². The Morgan fingerprint density at radius 2 is 2.32 bits per heavy atom. The number of benzene rings is 1. The van der Waals surface area contributed by atoms with Crippen molar-refractivity contribution < 1.29 is 4.79 Å². The summed E-state index contributed by atoms with van der Waals surface area (Å²) in [5.74, 6) is 0.956. The summed E-state index contributed by atoms with van der Waals surface area (Å²) in [6.45, 7) is 4.57. The molecule has 0 aliphatic heterocycles. The van der Waals surface area contributed by atoms with Crippen molar-refractivity contribution in [1.29, 1.82) is 0 Å². The van der Waals surface area contributed by atoms with Gasteiger partial charge >= 0.3 is 0 Å². The lowest BCUT2D eigenvalue weighted by Crippen LogP contribution is -2.25. The highest BCUT2D eigenvalue weighted by atomic mass is 16.1. The summed E-state index contributed by atoms with van der Waals surface area (Å²) in [5, 5.41) is 2.87. The first-order valence-electron chi connectivity index (χ1n) is 6.52. The predicted octanol–water partition coefficient (Wildman–Crippen LogP) is 2.50.